The Labute approximate surface area is 129 Å². The lowest BCUT2D eigenvalue weighted by Crippen LogP contribution is -2.27. The van der Waals surface area contributed by atoms with Crippen molar-refractivity contribution in [3.63, 3.8) is 0 Å². The number of rotatable bonds is 6. The standard InChI is InChI=1S/C15H21N5S/c1-2-21-14-9-8-12(10-14)16-11-15-17-18-19-20(15)13-6-4-3-5-7-13/h3-7,12,14,16H,2,8-11H2,1H3. The first-order chi connectivity index (χ1) is 10.4. The molecule has 0 amide bonds. The zero-order valence-corrected chi connectivity index (χ0v) is 13.1. The van der Waals surface area contributed by atoms with Gasteiger partial charge >= 0.3 is 0 Å². The molecule has 2 aromatic rings. The molecule has 1 heterocycles. The third-order valence-electron chi connectivity index (χ3n) is 3.87. The molecule has 1 aromatic carbocycles. The largest absolute Gasteiger partial charge is 0.307 e. The summed E-state index contributed by atoms with van der Waals surface area (Å²) >= 11 is 2.08. The average Bonchev–Trinajstić information content (AvgIpc) is 3.15. The Morgan fingerprint density at radius 2 is 2.14 bits per heavy atom. The Balaban J connectivity index is 1.59. The Bertz CT molecular complexity index is 556. The predicted molar refractivity (Wildman–Crippen MR) is 85.6 cm³/mol. The van der Waals surface area contributed by atoms with Crippen molar-refractivity contribution in [2.24, 2.45) is 0 Å². The average molecular weight is 303 g/mol. The highest BCUT2D eigenvalue weighted by Crippen LogP contribution is 2.29. The summed E-state index contributed by atoms with van der Waals surface area (Å²) in [4.78, 5) is 0. The lowest BCUT2D eigenvalue weighted by Gasteiger charge is -2.12. The van der Waals surface area contributed by atoms with E-state index in [0.717, 1.165) is 23.3 Å². The lowest BCUT2D eigenvalue weighted by atomic mass is 10.2. The molecule has 21 heavy (non-hydrogen) atoms. The number of para-hydroxylation sites is 1. The van der Waals surface area contributed by atoms with E-state index in [1.807, 2.05) is 30.3 Å². The lowest BCUT2D eigenvalue weighted by molar-refractivity contribution is 0.509. The topological polar surface area (TPSA) is 55.6 Å². The minimum Gasteiger partial charge on any atom is -0.307 e. The van der Waals surface area contributed by atoms with E-state index in [4.69, 9.17) is 0 Å². The van der Waals surface area contributed by atoms with Gasteiger partial charge in [0.25, 0.3) is 0 Å². The van der Waals surface area contributed by atoms with E-state index in [1.165, 1.54) is 25.0 Å². The molecule has 0 radical (unpaired) electrons. The molecule has 1 aliphatic rings. The minimum absolute atomic E-state index is 0.593. The fraction of sp³-hybridized carbons (Fsp3) is 0.533. The van der Waals surface area contributed by atoms with Crippen LogP contribution in [0.4, 0.5) is 0 Å². The van der Waals surface area contributed by atoms with Gasteiger partial charge in [-0.15, -0.1) is 5.10 Å². The van der Waals surface area contributed by atoms with E-state index in [9.17, 15) is 0 Å². The van der Waals surface area contributed by atoms with Gasteiger partial charge in [-0.25, -0.2) is 0 Å². The fourth-order valence-corrected chi connectivity index (χ4v) is 3.98. The van der Waals surface area contributed by atoms with Crippen molar-refractivity contribution in [2.45, 2.75) is 44.0 Å². The molecule has 3 rings (SSSR count). The second-order valence-corrected chi connectivity index (χ2v) is 6.89. The van der Waals surface area contributed by atoms with E-state index in [0.29, 0.717) is 6.04 Å². The highest BCUT2D eigenvalue weighted by Gasteiger charge is 2.24. The summed E-state index contributed by atoms with van der Waals surface area (Å²) in [5, 5.41) is 16.5. The first kappa shape index (κ1) is 14.5. The van der Waals surface area contributed by atoms with Gasteiger partial charge in [0.1, 0.15) is 0 Å². The van der Waals surface area contributed by atoms with Crippen molar-refractivity contribution in [3.8, 4) is 5.69 Å². The molecule has 5 nitrogen and oxygen atoms in total. The molecular formula is C15H21N5S. The first-order valence-corrected chi connectivity index (χ1v) is 8.59. The molecule has 1 aliphatic carbocycles. The van der Waals surface area contributed by atoms with Crippen LogP contribution in [0.2, 0.25) is 0 Å². The molecule has 112 valence electrons. The smallest absolute Gasteiger partial charge is 0.170 e. The molecule has 6 heteroatoms. The number of hydrogen-bond acceptors (Lipinski definition) is 5. The SMILES string of the molecule is CCSC1CCC(NCc2nnnn2-c2ccccc2)C1. The van der Waals surface area contributed by atoms with Crippen molar-refractivity contribution in [2.75, 3.05) is 5.75 Å². The molecular weight excluding hydrogens is 282 g/mol. The maximum Gasteiger partial charge on any atom is 0.170 e. The Morgan fingerprint density at radius 3 is 2.95 bits per heavy atom. The number of aromatic nitrogens is 4. The summed E-state index contributed by atoms with van der Waals surface area (Å²) in [6, 6.07) is 10.6. The van der Waals surface area contributed by atoms with Crippen LogP contribution in [0.1, 0.15) is 32.0 Å². The van der Waals surface area contributed by atoms with E-state index >= 15 is 0 Å². The highest BCUT2D eigenvalue weighted by atomic mass is 32.2. The molecule has 2 unspecified atom stereocenters. The van der Waals surface area contributed by atoms with Gasteiger partial charge in [0.2, 0.25) is 0 Å². The summed E-state index contributed by atoms with van der Waals surface area (Å²) in [6.07, 6.45) is 3.83. The number of benzene rings is 1. The minimum atomic E-state index is 0.593. The fourth-order valence-electron chi connectivity index (χ4n) is 2.83. The summed E-state index contributed by atoms with van der Waals surface area (Å²) in [5.74, 6) is 2.08. The van der Waals surface area contributed by atoms with Gasteiger partial charge in [0.05, 0.1) is 12.2 Å². The van der Waals surface area contributed by atoms with Crippen LogP contribution in [0.15, 0.2) is 30.3 Å². The molecule has 0 spiro atoms. The van der Waals surface area contributed by atoms with Crippen molar-refractivity contribution >= 4 is 11.8 Å². The van der Waals surface area contributed by atoms with Crippen LogP contribution in [-0.2, 0) is 6.54 Å². The number of tetrazole rings is 1. The van der Waals surface area contributed by atoms with Crippen LogP contribution in [0.5, 0.6) is 0 Å². The van der Waals surface area contributed by atoms with Crippen molar-refractivity contribution < 1.29 is 0 Å². The molecule has 0 aliphatic heterocycles. The molecule has 0 bridgehead atoms. The maximum absolute atomic E-state index is 4.14. The van der Waals surface area contributed by atoms with Crippen LogP contribution < -0.4 is 5.32 Å². The molecule has 1 aromatic heterocycles. The third-order valence-corrected chi connectivity index (χ3v) is 5.10. The monoisotopic (exact) mass is 303 g/mol. The van der Waals surface area contributed by atoms with Crippen LogP contribution in [-0.4, -0.2) is 37.3 Å². The van der Waals surface area contributed by atoms with Gasteiger partial charge in [-0.05, 0) is 47.6 Å². The highest BCUT2D eigenvalue weighted by molar-refractivity contribution is 7.99. The van der Waals surface area contributed by atoms with E-state index in [1.54, 1.807) is 4.68 Å². The summed E-state index contributed by atoms with van der Waals surface area (Å²) in [7, 11) is 0. The molecule has 1 saturated carbocycles. The second kappa shape index (κ2) is 7.04. The van der Waals surface area contributed by atoms with Crippen LogP contribution in [0, 0.1) is 0 Å². The van der Waals surface area contributed by atoms with Gasteiger partial charge < -0.3 is 5.32 Å². The van der Waals surface area contributed by atoms with Gasteiger partial charge in [0, 0.05) is 11.3 Å². The third kappa shape index (κ3) is 3.63. The first-order valence-electron chi connectivity index (χ1n) is 7.54. The van der Waals surface area contributed by atoms with Gasteiger partial charge in [-0.2, -0.15) is 16.4 Å². The Morgan fingerprint density at radius 1 is 1.29 bits per heavy atom. The molecule has 2 atom stereocenters. The Hall–Kier alpha value is -1.40. The van der Waals surface area contributed by atoms with Crippen molar-refractivity contribution in [1.29, 1.82) is 0 Å². The normalized spacial score (nSPS) is 21.8. The maximum atomic E-state index is 4.14. The quantitative estimate of drug-likeness (QED) is 0.888. The molecule has 1 N–H and O–H groups in total. The summed E-state index contributed by atoms with van der Waals surface area (Å²) < 4.78 is 1.81. The number of thioether (sulfide) groups is 1. The number of nitrogens with one attached hydrogen (secondary N) is 1. The zero-order chi connectivity index (χ0) is 14.5. The summed E-state index contributed by atoms with van der Waals surface area (Å²) in [6.45, 7) is 2.95. The van der Waals surface area contributed by atoms with Crippen LogP contribution in [0.3, 0.4) is 0 Å². The number of hydrogen-bond donors (Lipinski definition) is 1. The molecule has 1 fully saturated rings. The van der Waals surface area contributed by atoms with Gasteiger partial charge in [-0.3, -0.25) is 0 Å². The zero-order valence-electron chi connectivity index (χ0n) is 12.3. The van der Waals surface area contributed by atoms with Crippen LogP contribution >= 0.6 is 11.8 Å². The predicted octanol–water partition coefficient (Wildman–Crippen LogP) is 2.43. The van der Waals surface area contributed by atoms with Crippen LogP contribution in [0.25, 0.3) is 5.69 Å². The van der Waals surface area contributed by atoms with Crippen molar-refractivity contribution in [1.82, 2.24) is 25.5 Å². The summed E-state index contributed by atoms with van der Waals surface area (Å²) in [5.41, 5.74) is 1.00. The second-order valence-electron chi connectivity index (χ2n) is 5.31. The van der Waals surface area contributed by atoms with Gasteiger partial charge in [0.15, 0.2) is 5.82 Å². The van der Waals surface area contributed by atoms with Crippen molar-refractivity contribution in [3.05, 3.63) is 36.2 Å². The van der Waals surface area contributed by atoms with Gasteiger partial charge in [-0.1, -0.05) is 25.1 Å². The van der Waals surface area contributed by atoms with E-state index in [2.05, 4.69) is 39.5 Å². The van der Waals surface area contributed by atoms with E-state index < -0.39 is 0 Å². The van der Waals surface area contributed by atoms with E-state index in [-0.39, 0.29) is 0 Å². The molecule has 0 saturated heterocycles. The number of nitrogens with zero attached hydrogens (tertiary/aromatic N) is 4. The Kier molecular flexibility index (Phi) is 4.87.